The molecule has 3 N–H and O–H groups in total. The number of hydrogen-bond donors (Lipinski definition) is 2. The van der Waals surface area contributed by atoms with Gasteiger partial charge in [-0.15, -0.1) is 5.10 Å². The van der Waals surface area contributed by atoms with Crippen molar-refractivity contribution in [1.82, 2.24) is 20.2 Å². The van der Waals surface area contributed by atoms with E-state index in [1.54, 1.807) is 19.5 Å². The predicted molar refractivity (Wildman–Crippen MR) is 71.0 cm³/mol. The van der Waals surface area contributed by atoms with Crippen LogP contribution in [0.2, 0.25) is 0 Å². The molecule has 2 aromatic rings. The van der Waals surface area contributed by atoms with Gasteiger partial charge in [0.05, 0.1) is 18.9 Å². The Hall–Kier alpha value is -2.15. The second kappa shape index (κ2) is 4.85. The number of H-pyrrole nitrogens is 1. The zero-order valence-electron chi connectivity index (χ0n) is 10.7. The topological polar surface area (TPSA) is 93.0 Å². The molecule has 1 aliphatic heterocycles. The Kier molecular flexibility index (Phi) is 3.04. The van der Waals surface area contributed by atoms with Crippen molar-refractivity contribution in [3.63, 3.8) is 0 Å². The quantitative estimate of drug-likeness (QED) is 0.830. The molecule has 0 saturated carbocycles. The van der Waals surface area contributed by atoms with Gasteiger partial charge >= 0.3 is 0 Å². The van der Waals surface area contributed by atoms with E-state index in [2.05, 4.69) is 25.1 Å². The molecule has 7 heteroatoms. The van der Waals surface area contributed by atoms with E-state index in [1.165, 1.54) is 0 Å². The molecular formula is C12H16N6O. The van der Waals surface area contributed by atoms with E-state index in [0.717, 1.165) is 25.1 Å². The Morgan fingerprint density at radius 2 is 2.42 bits per heavy atom. The van der Waals surface area contributed by atoms with Crippen LogP contribution in [-0.4, -0.2) is 46.4 Å². The number of anilines is 1. The molecule has 0 bridgehead atoms. The SMILES string of the molecule is COc1cnccc1-c1nc(N2CCC(N)C2)n[nH]1. The van der Waals surface area contributed by atoms with Crippen molar-refractivity contribution in [3.8, 4) is 17.1 Å². The third kappa shape index (κ3) is 2.24. The van der Waals surface area contributed by atoms with Gasteiger partial charge in [0, 0.05) is 25.3 Å². The molecule has 1 fully saturated rings. The lowest BCUT2D eigenvalue weighted by Crippen LogP contribution is -2.26. The number of nitrogens with two attached hydrogens (primary N) is 1. The molecule has 0 aromatic carbocycles. The van der Waals surface area contributed by atoms with Crippen LogP contribution in [0.5, 0.6) is 5.75 Å². The number of nitrogens with zero attached hydrogens (tertiary/aromatic N) is 4. The molecule has 0 amide bonds. The smallest absolute Gasteiger partial charge is 0.245 e. The zero-order chi connectivity index (χ0) is 13.2. The summed E-state index contributed by atoms with van der Waals surface area (Å²) in [6.07, 6.45) is 4.33. The fourth-order valence-corrected chi connectivity index (χ4v) is 2.22. The standard InChI is InChI=1S/C12H16N6O/c1-19-10-6-14-4-2-9(10)11-15-12(17-16-11)18-5-3-8(13)7-18/h2,4,6,8H,3,5,7,13H2,1H3,(H,15,16,17). The summed E-state index contributed by atoms with van der Waals surface area (Å²) in [6.45, 7) is 1.69. The van der Waals surface area contributed by atoms with Gasteiger partial charge in [-0.25, -0.2) is 0 Å². The predicted octanol–water partition coefficient (Wildman–Crippen LogP) is 0.413. The maximum absolute atomic E-state index is 5.89. The van der Waals surface area contributed by atoms with E-state index in [9.17, 15) is 0 Å². The average Bonchev–Trinajstić information content (AvgIpc) is 3.07. The van der Waals surface area contributed by atoms with E-state index in [-0.39, 0.29) is 6.04 Å². The Morgan fingerprint density at radius 3 is 3.16 bits per heavy atom. The number of aromatic nitrogens is 4. The first-order valence-electron chi connectivity index (χ1n) is 6.19. The van der Waals surface area contributed by atoms with Crippen LogP contribution in [0, 0.1) is 0 Å². The molecule has 19 heavy (non-hydrogen) atoms. The van der Waals surface area contributed by atoms with E-state index in [0.29, 0.717) is 17.5 Å². The molecule has 0 spiro atoms. The molecule has 2 aromatic heterocycles. The summed E-state index contributed by atoms with van der Waals surface area (Å²) in [5.74, 6) is 2.03. The molecule has 3 rings (SSSR count). The molecule has 1 saturated heterocycles. The third-order valence-corrected chi connectivity index (χ3v) is 3.24. The summed E-state index contributed by atoms with van der Waals surface area (Å²) < 4.78 is 5.27. The van der Waals surface area contributed by atoms with Gasteiger partial charge in [0.2, 0.25) is 5.95 Å². The highest BCUT2D eigenvalue weighted by Crippen LogP contribution is 2.27. The van der Waals surface area contributed by atoms with Crippen molar-refractivity contribution in [2.75, 3.05) is 25.1 Å². The minimum Gasteiger partial charge on any atom is -0.494 e. The highest BCUT2D eigenvalue weighted by molar-refractivity contribution is 5.63. The fraction of sp³-hybridized carbons (Fsp3) is 0.417. The summed E-state index contributed by atoms with van der Waals surface area (Å²) >= 11 is 0. The summed E-state index contributed by atoms with van der Waals surface area (Å²) in [6, 6.07) is 2.05. The largest absolute Gasteiger partial charge is 0.494 e. The van der Waals surface area contributed by atoms with Crippen LogP contribution < -0.4 is 15.4 Å². The van der Waals surface area contributed by atoms with E-state index in [4.69, 9.17) is 10.5 Å². The summed E-state index contributed by atoms with van der Waals surface area (Å²) in [5, 5.41) is 7.18. The molecule has 100 valence electrons. The van der Waals surface area contributed by atoms with Crippen molar-refractivity contribution in [2.24, 2.45) is 5.73 Å². The lowest BCUT2D eigenvalue weighted by atomic mass is 10.2. The van der Waals surface area contributed by atoms with Gasteiger partial charge in [-0.1, -0.05) is 0 Å². The maximum Gasteiger partial charge on any atom is 0.245 e. The average molecular weight is 260 g/mol. The number of aromatic amines is 1. The number of ether oxygens (including phenoxy) is 1. The van der Waals surface area contributed by atoms with E-state index in [1.807, 2.05) is 6.07 Å². The second-order valence-corrected chi connectivity index (χ2v) is 4.55. The van der Waals surface area contributed by atoms with Crippen molar-refractivity contribution >= 4 is 5.95 Å². The van der Waals surface area contributed by atoms with Crippen molar-refractivity contribution in [1.29, 1.82) is 0 Å². The van der Waals surface area contributed by atoms with E-state index >= 15 is 0 Å². The highest BCUT2D eigenvalue weighted by Gasteiger charge is 2.23. The number of nitrogens with one attached hydrogen (secondary N) is 1. The van der Waals surface area contributed by atoms with Crippen molar-refractivity contribution < 1.29 is 4.74 Å². The number of rotatable bonds is 3. The van der Waals surface area contributed by atoms with Crippen molar-refractivity contribution in [3.05, 3.63) is 18.5 Å². The highest BCUT2D eigenvalue weighted by atomic mass is 16.5. The minimum atomic E-state index is 0.206. The molecule has 0 radical (unpaired) electrons. The van der Waals surface area contributed by atoms with Gasteiger partial charge in [0.15, 0.2) is 5.82 Å². The second-order valence-electron chi connectivity index (χ2n) is 4.55. The van der Waals surface area contributed by atoms with E-state index < -0.39 is 0 Å². The Balaban J connectivity index is 1.88. The Bertz CT molecular complexity index is 569. The molecule has 7 nitrogen and oxygen atoms in total. The lowest BCUT2D eigenvalue weighted by molar-refractivity contribution is 0.414. The first-order valence-corrected chi connectivity index (χ1v) is 6.19. The number of hydrogen-bond acceptors (Lipinski definition) is 6. The van der Waals surface area contributed by atoms with Crippen LogP contribution in [0.25, 0.3) is 11.4 Å². The van der Waals surface area contributed by atoms with Gasteiger partial charge in [0.25, 0.3) is 0 Å². The van der Waals surface area contributed by atoms with Crippen LogP contribution in [0.1, 0.15) is 6.42 Å². The van der Waals surface area contributed by atoms with Gasteiger partial charge in [-0.2, -0.15) is 4.98 Å². The zero-order valence-corrected chi connectivity index (χ0v) is 10.7. The Labute approximate surface area is 110 Å². The molecule has 1 atom stereocenters. The molecule has 1 unspecified atom stereocenters. The van der Waals surface area contributed by atoms with Crippen LogP contribution in [0.4, 0.5) is 5.95 Å². The molecule has 3 heterocycles. The normalized spacial score (nSPS) is 18.8. The first kappa shape index (κ1) is 11.9. The fourth-order valence-electron chi connectivity index (χ4n) is 2.22. The number of pyridine rings is 1. The third-order valence-electron chi connectivity index (χ3n) is 3.24. The van der Waals surface area contributed by atoms with Crippen LogP contribution in [0.3, 0.4) is 0 Å². The summed E-state index contributed by atoms with van der Waals surface area (Å²) in [5.41, 5.74) is 6.74. The van der Waals surface area contributed by atoms with Gasteiger partial charge < -0.3 is 15.4 Å². The molecule has 1 aliphatic rings. The minimum absolute atomic E-state index is 0.206. The van der Waals surface area contributed by atoms with Crippen LogP contribution in [-0.2, 0) is 0 Å². The molecular weight excluding hydrogens is 244 g/mol. The lowest BCUT2D eigenvalue weighted by Gasteiger charge is -2.11. The van der Waals surface area contributed by atoms with Crippen molar-refractivity contribution in [2.45, 2.75) is 12.5 Å². The Morgan fingerprint density at radius 1 is 1.53 bits per heavy atom. The van der Waals surface area contributed by atoms with Gasteiger partial charge in [0.1, 0.15) is 5.75 Å². The monoisotopic (exact) mass is 260 g/mol. The van der Waals surface area contributed by atoms with Crippen LogP contribution >= 0.6 is 0 Å². The van der Waals surface area contributed by atoms with Crippen LogP contribution in [0.15, 0.2) is 18.5 Å². The summed E-state index contributed by atoms with van der Waals surface area (Å²) in [4.78, 5) is 10.6. The number of methoxy groups -OCH3 is 1. The first-order chi connectivity index (χ1) is 9.28. The van der Waals surface area contributed by atoms with Gasteiger partial charge in [-0.3, -0.25) is 10.1 Å². The molecule has 0 aliphatic carbocycles. The summed E-state index contributed by atoms with van der Waals surface area (Å²) in [7, 11) is 1.61. The maximum atomic E-state index is 5.89. The van der Waals surface area contributed by atoms with Gasteiger partial charge in [-0.05, 0) is 12.5 Å².